The Balaban J connectivity index is 1.90. The molecule has 3 aromatic rings. The molecule has 6 nitrogen and oxygen atoms in total. The average Bonchev–Trinajstić information content (AvgIpc) is 2.91. The van der Waals surface area contributed by atoms with Crippen molar-refractivity contribution in [2.75, 3.05) is 14.2 Å². The van der Waals surface area contributed by atoms with Crippen LogP contribution in [0.2, 0.25) is 5.02 Å². The van der Waals surface area contributed by atoms with E-state index < -0.39 is 5.97 Å². The number of aromatic nitrogens is 1. The van der Waals surface area contributed by atoms with Gasteiger partial charge in [-0.05, 0) is 24.3 Å². The summed E-state index contributed by atoms with van der Waals surface area (Å²) in [5, 5.41) is 0.405. The Bertz CT molecular complexity index is 994. The fraction of sp³-hybridized carbons (Fsp3) is 0.176. The molecule has 0 aliphatic carbocycles. The highest BCUT2D eigenvalue weighted by Crippen LogP contribution is 2.36. The summed E-state index contributed by atoms with van der Waals surface area (Å²) < 4.78 is 17.8. The molecule has 130 valence electrons. The van der Waals surface area contributed by atoms with E-state index in [0.717, 1.165) is 11.3 Å². The van der Waals surface area contributed by atoms with Gasteiger partial charge in [-0.3, -0.25) is 9.36 Å². The number of ether oxygens (including phenoxy) is 3. The smallest absolute Gasteiger partial charge is 0.331 e. The summed E-state index contributed by atoms with van der Waals surface area (Å²) >= 11 is 7.19. The molecule has 25 heavy (non-hydrogen) atoms. The summed E-state index contributed by atoms with van der Waals surface area (Å²) in [6.45, 7) is -0.261. The lowest BCUT2D eigenvalue weighted by Gasteiger charge is -2.12. The van der Waals surface area contributed by atoms with E-state index >= 15 is 0 Å². The number of thiazole rings is 1. The zero-order valence-electron chi connectivity index (χ0n) is 13.4. The Morgan fingerprint density at radius 2 is 1.84 bits per heavy atom. The minimum atomic E-state index is -0.617. The first-order valence-electron chi connectivity index (χ1n) is 7.24. The average molecular weight is 380 g/mol. The standard InChI is InChI=1S/C17H14ClNO5S/c1-22-11-6-4-7-12(16(11)23-2)24-14(20)9-19-15-10(18)5-3-8-13(15)25-17(19)21/h3-8H,9H2,1-2H3. The van der Waals surface area contributed by atoms with Gasteiger partial charge in [-0.25, -0.2) is 4.79 Å². The second kappa shape index (κ2) is 7.16. The fourth-order valence-corrected chi connectivity index (χ4v) is 3.70. The second-order valence-electron chi connectivity index (χ2n) is 5.01. The van der Waals surface area contributed by atoms with E-state index in [2.05, 4.69) is 0 Å². The van der Waals surface area contributed by atoms with Gasteiger partial charge in [0.05, 0.1) is 29.5 Å². The third-order valence-corrected chi connectivity index (χ3v) is 4.76. The zero-order chi connectivity index (χ0) is 18.0. The maximum atomic E-state index is 12.3. The molecule has 0 saturated heterocycles. The fourth-order valence-electron chi connectivity index (χ4n) is 2.45. The van der Waals surface area contributed by atoms with Crippen LogP contribution < -0.4 is 19.1 Å². The summed E-state index contributed by atoms with van der Waals surface area (Å²) in [4.78, 5) is 24.2. The van der Waals surface area contributed by atoms with Crippen LogP contribution in [0, 0.1) is 0 Å². The monoisotopic (exact) mass is 379 g/mol. The van der Waals surface area contributed by atoms with Crippen LogP contribution in [0.25, 0.3) is 10.2 Å². The lowest BCUT2D eigenvalue weighted by Crippen LogP contribution is -2.23. The molecule has 0 radical (unpaired) electrons. The topological polar surface area (TPSA) is 66.8 Å². The van der Waals surface area contributed by atoms with Gasteiger partial charge in [-0.1, -0.05) is 35.1 Å². The van der Waals surface area contributed by atoms with Crippen molar-refractivity contribution in [3.8, 4) is 17.2 Å². The van der Waals surface area contributed by atoms with Gasteiger partial charge < -0.3 is 14.2 Å². The van der Waals surface area contributed by atoms with Gasteiger partial charge in [0, 0.05) is 0 Å². The van der Waals surface area contributed by atoms with E-state index in [1.54, 1.807) is 36.4 Å². The first-order chi connectivity index (χ1) is 12.0. The van der Waals surface area contributed by atoms with Gasteiger partial charge >= 0.3 is 10.8 Å². The molecule has 0 saturated carbocycles. The van der Waals surface area contributed by atoms with E-state index in [0.29, 0.717) is 26.7 Å². The molecule has 0 spiro atoms. The van der Waals surface area contributed by atoms with Crippen LogP contribution in [0.1, 0.15) is 0 Å². The normalized spacial score (nSPS) is 10.7. The van der Waals surface area contributed by atoms with Crippen molar-refractivity contribution in [1.82, 2.24) is 4.57 Å². The molecule has 0 unspecified atom stereocenters. The summed E-state index contributed by atoms with van der Waals surface area (Å²) in [6, 6.07) is 10.1. The minimum absolute atomic E-state index is 0.213. The van der Waals surface area contributed by atoms with Crippen LogP contribution in [0.3, 0.4) is 0 Å². The number of halogens is 1. The number of nitrogens with zero attached hydrogens (tertiary/aromatic N) is 1. The van der Waals surface area contributed by atoms with E-state index in [-0.39, 0.29) is 17.2 Å². The highest BCUT2D eigenvalue weighted by Gasteiger charge is 2.18. The third kappa shape index (κ3) is 3.33. The highest BCUT2D eigenvalue weighted by atomic mass is 35.5. The third-order valence-electron chi connectivity index (χ3n) is 3.52. The van der Waals surface area contributed by atoms with Crippen molar-refractivity contribution in [2.45, 2.75) is 6.54 Å². The maximum absolute atomic E-state index is 12.3. The molecule has 0 atom stereocenters. The van der Waals surface area contributed by atoms with Crippen molar-refractivity contribution in [3.63, 3.8) is 0 Å². The first-order valence-corrected chi connectivity index (χ1v) is 8.44. The van der Waals surface area contributed by atoms with Crippen LogP contribution in [0.5, 0.6) is 17.2 Å². The molecule has 0 N–H and O–H groups in total. The van der Waals surface area contributed by atoms with Gasteiger partial charge in [0.1, 0.15) is 6.54 Å². The van der Waals surface area contributed by atoms with E-state index in [4.69, 9.17) is 25.8 Å². The molecule has 0 aliphatic rings. The molecule has 8 heteroatoms. The molecular formula is C17H14ClNO5S. The number of methoxy groups -OCH3 is 2. The SMILES string of the molecule is COc1cccc(OC(=O)Cn2c(=O)sc3cccc(Cl)c32)c1OC. The van der Waals surface area contributed by atoms with Gasteiger partial charge in [0.2, 0.25) is 5.75 Å². The second-order valence-corrected chi connectivity index (χ2v) is 6.41. The number of fused-ring (bicyclic) bond motifs is 1. The van der Waals surface area contributed by atoms with E-state index in [1.165, 1.54) is 18.8 Å². The molecule has 1 heterocycles. The molecule has 3 rings (SSSR count). The highest BCUT2D eigenvalue weighted by molar-refractivity contribution is 7.16. The summed E-state index contributed by atoms with van der Waals surface area (Å²) in [5.74, 6) is 0.340. The Hall–Kier alpha value is -2.51. The summed E-state index contributed by atoms with van der Waals surface area (Å²) in [6.07, 6.45) is 0. The molecule has 1 aromatic heterocycles. The molecule has 0 fully saturated rings. The lowest BCUT2D eigenvalue weighted by molar-refractivity contribution is -0.135. The van der Waals surface area contributed by atoms with Crippen LogP contribution in [0.4, 0.5) is 0 Å². The van der Waals surface area contributed by atoms with Crippen LogP contribution in [-0.4, -0.2) is 24.8 Å². The Morgan fingerprint density at radius 3 is 2.56 bits per heavy atom. The Kier molecular flexibility index (Phi) is 4.96. The molecule has 0 amide bonds. The van der Waals surface area contributed by atoms with Crippen molar-refractivity contribution >= 4 is 39.1 Å². The summed E-state index contributed by atoms with van der Waals surface area (Å²) in [7, 11) is 2.94. The maximum Gasteiger partial charge on any atom is 0.331 e. The number of hydrogen-bond donors (Lipinski definition) is 0. The van der Waals surface area contributed by atoms with Crippen LogP contribution >= 0.6 is 22.9 Å². The first kappa shape index (κ1) is 17.3. The Morgan fingerprint density at radius 1 is 1.12 bits per heavy atom. The van der Waals surface area contributed by atoms with Crippen LogP contribution in [0.15, 0.2) is 41.2 Å². The van der Waals surface area contributed by atoms with Gasteiger partial charge in [-0.15, -0.1) is 0 Å². The van der Waals surface area contributed by atoms with Crippen LogP contribution in [-0.2, 0) is 11.3 Å². The number of para-hydroxylation sites is 2. The predicted molar refractivity (Wildman–Crippen MR) is 96.3 cm³/mol. The van der Waals surface area contributed by atoms with Gasteiger partial charge in [0.25, 0.3) is 0 Å². The Labute approximate surface area is 152 Å². The molecule has 0 aliphatic heterocycles. The predicted octanol–water partition coefficient (Wildman–Crippen LogP) is 3.34. The molecular weight excluding hydrogens is 366 g/mol. The number of carbonyl (C=O) groups is 1. The number of hydrogen-bond acceptors (Lipinski definition) is 6. The van der Waals surface area contributed by atoms with Gasteiger partial charge in [0.15, 0.2) is 11.5 Å². The van der Waals surface area contributed by atoms with Crippen molar-refractivity contribution in [2.24, 2.45) is 0 Å². The number of esters is 1. The largest absolute Gasteiger partial charge is 0.493 e. The minimum Gasteiger partial charge on any atom is -0.493 e. The van der Waals surface area contributed by atoms with Crippen molar-refractivity contribution < 1.29 is 19.0 Å². The molecule has 2 aromatic carbocycles. The van der Waals surface area contributed by atoms with E-state index in [1.807, 2.05) is 0 Å². The van der Waals surface area contributed by atoms with Crippen molar-refractivity contribution in [3.05, 3.63) is 51.1 Å². The quantitative estimate of drug-likeness (QED) is 0.502. The number of rotatable bonds is 5. The number of carbonyl (C=O) groups excluding carboxylic acids is 1. The van der Waals surface area contributed by atoms with Gasteiger partial charge in [-0.2, -0.15) is 0 Å². The zero-order valence-corrected chi connectivity index (χ0v) is 15.0. The summed E-state index contributed by atoms with van der Waals surface area (Å²) in [5.41, 5.74) is 0.522. The van der Waals surface area contributed by atoms with E-state index in [9.17, 15) is 9.59 Å². The van der Waals surface area contributed by atoms with Crippen molar-refractivity contribution in [1.29, 1.82) is 0 Å². The number of benzene rings is 2. The molecule has 0 bridgehead atoms. The lowest BCUT2D eigenvalue weighted by atomic mass is 10.3.